The van der Waals surface area contributed by atoms with Crippen LogP contribution in [0.3, 0.4) is 0 Å². The Kier molecular flexibility index (Phi) is 2.94. The van der Waals surface area contributed by atoms with Crippen LogP contribution in [0.25, 0.3) is 41.7 Å². The summed E-state index contributed by atoms with van der Waals surface area (Å²) in [5.41, 5.74) is 0.578. The molecule has 114 valence electrons. The minimum Gasteiger partial charge on any atom is -0.423 e. The second kappa shape index (κ2) is 5.05. The minimum absolute atomic E-state index is 0.578. The smallest absolute Gasteiger partial charge is 0.423 e. The molecule has 4 heteroatoms. The van der Waals surface area contributed by atoms with Crippen molar-refractivity contribution in [1.82, 2.24) is 0 Å². The molecule has 5 aromatic rings. The molecule has 1 heterocycles. The van der Waals surface area contributed by atoms with E-state index in [1.807, 2.05) is 24.3 Å². The lowest BCUT2D eigenvalue weighted by molar-refractivity contribution is 0.426. The maximum absolute atomic E-state index is 9.88. The molecule has 5 rings (SSSR count). The average molecular weight is 328 g/mol. The van der Waals surface area contributed by atoms with E-state index in [-0.39, 0.29) is 0 Å². The lowest BCUT2D eigenvalue weighted by Crippen LogP contribution is -2.30. The van der Waals surface area contributed by atoms with Crippen molar-refractivity contribution in [2.75, 3.05) is 0 Å². The van der Waals surface area contributed by atoms with Gasteiger partial charge in [0.25, 0.3) is 0 Å². The molecule has 0 saturated carbocycles. The highest BCUT2D eigenvalue weighted by Gasteiger charge is 2.21. The summed E-state index contributed by atoms with van der Waals surface area (Å²) >= 11 is 1.62. The summed E-state index contributed by atoms with van der Waals surface area (Å²) in [7, 11) is -1.48. The first-order valence-corrected chi connectivity index (χ1v) is 8.67. The van der Waals surface area contributed by atoms with Gasteiger partial charge in [-0.3, -0.25) is 0 Å². The molecule has 1 aromatic heterocycles. The van der Waals surface area contributed by atoms with Gasteiger partial charge in [0.1, 0.15) is 0 Å². The molecular weight excluding hydrogens is 315 g/mol. The van der Waals surface area contributed by atoms with E-state index >= 15 is 0 Å². The van der Waals surface area contributed by atoms with Gasteiger partial charge >= 0.3 is 7.12 Å². The fourth-order valence-corrected chi connectivity index (χ4v) is 4.85. The van der Waals surface area contributed by atoms with Gasteiger partial charge in [-0.25, -0.2) is 0 Å². The first-order valence-electron chi connectivity index (χ1n) is 7.86. The zero-order valence-electron chi connectivity index (χ0n) is 12.7. The molecule has 0 unspecified atom stereocenters. The van der Waals surface area contributed by atoms with Gasteiger partial charge in [0.05, 0.1) is 0 Å². The number of hydrogen-bond donors (Lipinski definition) is 2. The van der Waals surface area contributed by atoms with Crippen LogP contribution in [0.5, 0.6) is 0 Å². The Morgan fingerprint density at radius 2 is 1.42 bits per heavy atom. The summed E-state index contributed by atoms with van der Waals surface area (Å²) in [6.45, 7) is 0. The van der Waals surface area contributed by atoms with Crippen LogP contribution in [0, 0.1) is 0 Å². The molecule has 0 radical (unpaired) electrons. The lowest BCUT2D eigenvalue weighted by Gasteiger charge is -2.10. The quantitative estimate of drug-likeness (QED) is 0.360. The molecule has 2 nitrogen and oxygen atoms in total. The molecule has 2 N–H and O–H groups in total. The predicted molar refractivity (Wildman–Crippen MR) is 104 cm³/mol. The second-order valence-electron chi connectivity index (χ2n) is 6.03. The fraction of sp³-hybridized carbons (Fsp3) is 0. The van der Waals surface area contributed by atoms with Gasteiger partial charge in [-0.2, -0.15) is 0 Å². The predicted octanol–water partition coefficient (Wildman–Crippen LogP) is 4.04. The molecule has 0 atom stereocenters. The molecule has 0 aliphatic rings. The highest BCUT2D eigenvalue weighted by Crippen LogP contribution is 2.40. The molecule has 4 aromatic carbocycles. The van der Waals surface area contributed by atoms with Crippen molar-refractivity contribution in [2.24, 2.45) is 0 Å². The third kappa shape index (κ3) is 1.85. The minimum atomic E-state index is -1.48. The van der Waals surface area contributed by atoms with Gasteiger partial charge in [-0.05, 0) is 27.6 Å². The fourth-order valence-electron chi connectivity index (χ4n) is 3.61. The van der Waals surface area contributed by atoms with Gasteiger partial charge in [0.15, 0.2) is 0 Å². The SMILES string of the molecule is OB(O)c1cc2ccc3ccccc3c2c2c1sc1ccccc12. The highest BCUT2D eigenvalue weighted by molar-refractivity contribution is 7.27. The lowest BCUT2D eigenvalue weighted by atomic mass is 9.78. The Labute approximate surface area is 142 Å². The van der Waals surface area contributed by atoms with Crippen molar-refractivity contribution in [3.05, 3.63) is 66.7 Å². The van der Waals surface area contributed by atoms with Crippen LogP contribution in [0.15, 0.2) is 66.7 Å². The first kappa shape index (κ1) is 14.0. The van der Waals surface area contributed by atoms with Gasteiger partial charge in [0, 0.05) is 25.6 Å². The van der Waals surface area contributed by atoms with E-state index in [1.165, 1.54) is 21.5 Å². The summed E-state index contributed by atoms with van der Waals surface area (Å²) in [5, 5.41) is 26.7. The topological polar surface area (TPSA) is 40.5 Å². The van der Waals surface area contributed by atoms with Gasteiger partial charge < -0.3 is 10.0 Å². The van der Waals surface area contributed by atoms with Crippen LogP contribution >= 0.6 is 11.3 Å². The summed E-state index contributed by atoms with van der Waals surface area (Å²) < 4.78 is 2.12. The summed E-state index contributed by atoms with van der Waals surface area (Å²) in [5.74, 6) is 0. The third-order valence-corrected chi connectivity index (χ3v) is 5.88. The molecule has 0 amide bonds. The Balaban J connectivity index is 2.16. The first-order chi connectivity index (χ1) is 11.7. The maximum Gasteiger partial charge on any atom is 0.489 e. The average Bonchev–Trinajstić information content (AvgIpc) is 3.00. The number of fused-ring (bicyclic) bond motifs is 7. The number of hydrogen-bond acceptors (Lipinski definition) is 3. The summed E-state index contributed by atoms with van der Waals surface area (Å²) in [4.78, 5) is 0. The monoisotopic (exact) mass is 328 g/mol. The number of thiophene rings is 1. The molecule has 0 fully saturated rings. The summed E-state index contributed by atoms with van der Waals surface area (Å²) in [6.07, 6.45) is 0. The molecule has 0 bridgehead atoms. The van der Waals surface area contributed by atoms with Crippen molar-refractivity contribution in [3.63, 3.8) is 0 Å². The van der Waals surface area contributed by atoms with Crippen molar-refractivity contribution in [2.45, 2.75) is 0 Å². The van der Waals surface area contributed by atoms with Gasteiger partial charge in [-0.15, -0.1) is 11.3 Å². The Bertz CT molecular complexity index is 1240. The maximum atomic E-state index is 9.88. The van der Waals surface area contributed by atoms with Crippen LogP contribution in [-0.4, -0.2) is 17.2 Å². The number of benzene rings is 4. The molecule has 0 spiro atoms. The Morgan fingerprint density at radius 1 is 0.708 bits per heavy atom. The van der Waals surface area contributed by atoms with Gasteiger partial charge in [-0.1, -0.05) is 60.7 Å². The van der Waals surface area contributed by atoms with E-state index in [0.717, 1.165) is 20.2 Å². The third-order valence-electron chi connectivity index (χ3n) is 4.66. The zero-order chi connectivity index (χ0) is 16.3. The molecule has 24 heavy (non-hydrogen) atoms. The standard InChI is InChI=1S/C20H13BO2S/c22-21(23)16-11-13-10-9-12-5-1-2-6-14(12)18(13)19-15-7-3-4-8-17(15)24-20(16)19/h1-11,22-23H. The van der Waals surface area contributed by atoms with Crippen molar-refractivity contribution >= 4 is 65.6 Å². The number of rotatable bonds is 1. The molecular formula is C20H13BO2S. The van der Waals surface area contributed by atoms with Crippen LogP contribution < -0.4 is 5.46 Å². The normalized spacial score (nSPS) is 11.8. The van der Waals surface area contributed by atoms with E-state index in [4.69, 9.17) is 0 Å². The Hall–Kier alpha value is -2.40. The van der Waals surface area contributed by atoms with Crippen molar-refractivity contribution < 1.29 is 10.0 Å². The van der Waals surface area contributed by atoms with Gasteiger partial charge in [0.2, 0.25) is 0 Å². The van der Waals surface area contributed by atoms with Crippen molar-refractivity contribution in [3.8, 4) is 0 Å². The molecule has 0 aliphatic carbocycles. The van der Waals surface area contributed by atoms with Crippen LogP contribution in [0.4, 0.5) is 0 Å². The highest BCUT2D eigenvalue weighted by atomic mass is 32.1. The van der Waals surface area contributed by atoms with Crippen LogP contribution in [0.2, 0.25) is 0 Å². The molecule has 0 saturated heterocycles. The zero-order valence-corrected chi connectivity index (χ0v) is 13.5. The van der Waals surface area contributed by atoms with Crippen LogP contribution in [-0.2, 0) is 0 Å². The Morgan fingerprint density at radius 3 is 2.25 bits per heavy atom. The van der Waals surface area contributed by atoms with E-state index in [9.17, 15) is 10.0 Å². The van der Waals surface area contributed by atoms with E-state index in [0.29, 0.717) is 5.46 Å². The second-order valence-corrected chi connectivity index (χ2v) is 7.08. The largest absolute Gasteiger partial charge is 0.489 e. The molecule has 0 aliphatic heterocycles. The summed E-state index contributed by atoms with van der Waals surface area (Å²) in [6, 6.07) is 22.7. The van der Waals surface area contributed by atoms with E-state index in [1.54, 1.807) is 11.3 Å². The van der Waals surface area contributed by atoms with E-state index in [2.05, 4.69) is 42.5 Å². The van der Waals surface area contributed by atoms with E-state index < -0.39 is 7.12 Å². The van der Waals surface area contributed by atoms with Crippen molar-refractivity contribution in [1.29, 1.82) is 0 Å². The van der Waals surface area contributed by atoms with Crippen LogP contribution in [0.1, 0.15) is 0 Å².